The van der Waals surface area contributed by atoms with E-state index in [2.05, 4.69) is 4.98 Å². The average molecular weight is 245 g/mol. The molecule has 2 nitrogen and oxygen atoms in total. The third kappa shape index (κ3) is 2.12. The maximum Gasteiger partial charge on any atom is 0.279 e. The second-order valence-electron chi connectivity index (χ2n) is 4.69. The number of nitrogens with zero attached hydrogens (tertiary/aromatic N) is 1. The van der Waals surface area contributed by atoms with Gasteiger partial charge in [-0.05, 0) is 25.0 Å². The molecule has 1 heterocycles. The van der Waals surface area contributed by atoms with E-state index in [1.165, 1.54) is 32.1 Å². The van der Waals surface area contributed by atoms with Crippen LogP contribution in [0.1, 0.15) is 43.0 Å². The van der Waals surface area contributed by atoms with E-state index in [4.69, 9.17) is 0 Å². The van der Waals surface area contributed by atoms with Gasteiger partial charge in [0, 0.05) is 10.6 Å². The summed E-state index contributed by atoms with van der Waals surface area (Å²) in [4.78, 5) is 16.2. The van der Waals surface area contributed by atoms with Crippen molar-refractivity contribution >= 4 is 21.4 Å². The Bertz CT molecular complexity index is 584. The van der Waals surface area contributed by atoms with Crippen LogP contribution < -0.4 is 5.56 Å². The molecule has 1 aliphatic rings. The summed E-state index contributed by atoms with van der Waals surface area (Å²) in [6.45, 7) is 0. The van der Waals surface area contributed by atoms with Gasteiger partial charge in [-0.1, -0.05) is 31.4 Å². The first kappa shape index (κ1) is 10.9. The molecule has 0 radical (unpaired) electrons. The summed E-state index contributed by atoms with van der Waals surface area (Å²) in [6, 6.07) is 7.78. The van der Waals surface area contributed by atoms with Crippen LogP contribution >= 0.6 is 11.3 Å². The molecule has 3 heteroatoms. The Morgan fingerprint density at radius 3 is 2.71 bits per heavy atom. The van der Waals surface area contributed by atoms with E-state index in [1.807, 2.05) is 24.3 Å². The number of hydrogen-bond donors (Lipinski definition) is 0. The van der Waals surface area contributed by atoms with Crippen LogP contribution in [0.5, 0.6) is 0 Å². The maximum absolute atomic E-state index is 11.9. The predicted molar refractivity (Wildman–Crippen MR) is 71.7 cm³/mol. The van der Waals surface area contributed by atoms with Gasteiger partial charge in [-0.2, -0.15) is 0 Å². The van der Waals surface area contributed by atoms with Gasteiger partial charge in [0.05, 0.1) is 5.39 Å². The molecule has 0 atom stereocenters. The molecule has 1 aromatic heterocycles. The lowest BCUT2D eigenvalue weighted by Gasteiger charge is -2.20. The van der Waals surface area contributed by atoms with Gasteiger partial charge in [0.2, 0.25) is 0 Å². The first-order valence-electron chi connectivity index (χ1n) is 6.24. The molecule has 1 fully saturated rings. The zero-order valence-corrected chi connectivity index (χ0v) is 10.5. The highest BCUT2D eigenvalue weighted by Gasteiger charge is 2.18. The van der Waals surface area contributed by atoms with Crippen LogP contribution in [0.4, 0.5) is 0 Å². The molecule has 0 saturated heterocycles. The number of aromatic nitrogens is 1. The Labute approximate surface area is 104 Å². The van der Waals surface area contributed by atoms with Gasteiger partial charge >= 0.3 is 0 Å². The Morgan fingerprint density at radius 2 is 1.88 bits per heavy atom. The van der Waals surface area contributed by atoms with E-state index in [9.17, 15) is 4.79 Å². The Balaban J connectivity index is 2.08. The van der Waals surface area contributed by atoms with Crippen molar-refractivity contribution in [3.05, 3.63) is 39.6 Å². The predicted octanol–water partition coefficient (Wildman–Crippen LogP) is 3.70. The summed E-state index contributed by atoms with van der Waals surface area (Å²) >= 11 is 1.70. The molecule has 0 N–H and O–H groups in total. The highest BCUT2D eigenvalue weighted by molar-refractivity contribution is 7.18. The largest absolute Gasteiger partial charge is 0.279 e. The molecule has 0 unspecified atom stereocenters. The van der Waals surface area contributed by atoms with Gasteiger partial charge < -0.3 is 0 Å². The second kappa shape index (κ2) is 4.57. The molecule has 0 spiro atoms. The molecule has 3 rings (SSSR count). The molecule has 1 aromatic carbocycles. The SMILES string of the molecule is O=c1nc(C2CCCCC2)sc2ccccc12. The minimum absolute atomic E-state index is 0.0556. The first-order chi connectivity index (χ1) is 8.34. The van der Waals surface area contributed by atoms with Crippen molar-refractivity contribution in [3.8, 4) is 0 Å². The van der Waals surface area contributed by atoms with Crippen LogP contribution in [0.25, 0.3) is 10.1 Å². The molecular weight excluding hydrogens is 230 g/mol. The minimum atomic E-state index is -0.0556. The third-order valence-corrected chi connectivity index (χ3v) is 4.71. The van der Waals surface area contributed by atoms with Crippen molar-refractivity contribution in [2.75, 3.05) is 0 Å². The Hall–Kier alpha value is -1.22. The molecule has 0 bridgehead atoms. The van der Waals surface area contributed by atoms with Crippen LogP contribution in [0.15, 0.2) is 29.1 Å². The van der Waals surface area contributed by atoms with Crippen LogP contribution in [-0.4, -0.2) is 4.98 Å². The van der Waals surface area contributed by atoms with E-state index in [1.54, 1.807) is 11.3 Å². The quantitative estimate of drug-likeness (QED) is 0.766. The summed E-state index contributed by atoms with van der Waals surface area (Å²) in [6.07, 6.45) is 6.28. The molecule has 1 aliphatic carbocycles. The van der Waals surface area contributed by atoms with Crippen molar-refractivity contribution in [2.45, 2.75) is 38.0 Å². The molecule has 0 amide bonds. The summed E-state index contributed by atoms with van der Waals surface area (Å²) < 4.78 is 1.08. The monoisotopic (exact) mass is 245 g/mol. The maximum atomic E-state index is 11.9. The van der Waals surface area contributed by atoms with Gasteiger partial charge in [0.1, 0.15) is 5.01 Å². The fourth-order valence-corrected chi connectivity index (χ4v) is 3.72. The van der Waals surface area contributed by atoms with Crippen molar-refractivity contribution < 1.29 is 0 Å². The van der Waals surface area contributed by atoms with E-state index in [-0.39, 0.29) is 5.56 Å². The third-order valence-electron chi connectivity index (χ3n) is 3.50. The summed E-state index contributed by atoms with van der Waals surface area (Å²) in [5.74, 6) is 0.519. The number of hydrogen-bond acceptors (Lipinski definition) is 3. The lowest BCUT2D eigenvalue weighted by molar-refractivity contribution is 0.441. The van der Waals surface area contributed by atoms with E-state index < -0.39 is 0 Å². The highest BCUT2D eigenvalue weighted by atomic mass is 32.1. The molecule has 88 valence electrons. The standard InChI is InChI=1S/C14H15NOS/c16-13-11-8-4-5-9-12(11)17-14(15-13)10-6-2-1-3-7-10/h4-5,8-10H,1-3,6-7H2. The number of benzene rings is 1. The van der Waals surface area contributed by atoms with E-state index in [0.717, 1.165) is 15.1 Å². The highest BCUT2D eigenvalue weighted by Crippen LogP contribution is 2.34. The molecule has 17 heavy (non-hydrogen) atoms. The van der Waals surface area contributed by atoms with Crippen LogP contribution in [-0.2, 0) is 0 Å². The van der Waals surface area contributed by atoms with Crippen molar-refractivity contribution in [1.82, 2.24) is 4.98 Å². The fraction of sp³-hybridized carbons (Fsp3) is 0.429. The van der Waals surface area contributed by atoms with Gasteiger partial charge in [0.15, 0.2) is 0 Å². The molecular formula is C14H15NOS. The zero-order valence-electron chi connectivity index (χ0n) is 9.69. The van der Waals surface area contributed by atoms with Crippen LogP contribution in [0.3, 0.4) is 0 Å². The summed E-state index contributed by atoms with van der Waals surface area (Å²) in [7, 11) is 0. The van der Waals surface area contributed by atoms with Gasteiger partial charge in [-0.3, -0.25) is 4.79 Å². The van der Waals surface area contributed by atoms with Crippen LogP contribution in [0, 0.1) is 0 Å². The number of rotatable bonds is 1. The number of fused-ring (bicyclic) bond motifs is 1. The normalized spacial score (nSPS) is 17.4. The van der Waals surface area contributed by atoms with E-state index in [0.29, 0.717) is 5.92 Å². The van der Waals surface area contributed by atoms with Crippen LogP contribution in [0.2, 0.25) is 0 Å². The fourth-order valence-electron chi connectivity index (χ4n) is 2.55. The zero-order chi connectivity index (χ0) is 11.7. The lowest BCUT2D eigenvalue weighted by Crippen LogP contribution is -2.12. The smallest absolute Gasteiger partial charge is 0.267 e. The van der Waals surface area contributed by atoms with Gasteiger partial charge in [-0.25, -0.2) is 4.98 Å². The molecule has 0 aliphatic heterocycles. The Kier molecular flexibility index (Phi) is 2.93. The molecule has 1 saturated carbocycles. The van der Waals surface area contributed by atoms with Crippen molar-refractivity contribution in [3.63, 3.8) is 0 Å². The topological polar surface area (TPSA) is 30.0 Å². The second-order valence-corrected chi connectivity index (χ2v) is 5.75. The molecule has 2 aromatic rings. The summed E-state index contributed by atoms with van der Waals surface area (Å²) in [5, 5.41) is 1.81. The van der Waals surface area contributed by atoms with Gasteiger partial charge in [-0.15, -0.1) is 11.3 Å². The first-order valence-corrected chi connectivity index (χ1v) is 7.06. The minimum Gasteiger partial charge on any atom is -0.267 e. The summed E-state index contributed by atoms with van der Waals surface area (Å²) in [5.41, 5.74) is -0.0556. The van der Waals surface area contributed by atoms with Gasteiger partial charge in [0.25, 0.3) is 5.56 Å². The average Bonchev–Trinajstić information content (AvgIpc) is 2.40. The Morgan fingerprint density at radius 1 is 1.12 bits per heavy atom. The van der Waals surface area contributed by atoms with E-state index >= 15 is 0 Å². The van der Waals surface area contributed by atoms with Crippen molar-refractivity contribution in [1.29, 1.82) is 0 Å². The lowest BCUT2D eigenvalue weighted by atomic mass is 9.90. The van der Waals surface area contributed by atoms with Crippen molar-refractivity contribution in [2.24, 2.45) is 0 Å².